The van der Waals surface area contributed by atoms with Gasteiger partial charge in [-0.2, -0.15) is 0 Å². The van der Waals surface area contributed by atoms with Gasteiger partial charge in [0, 0.05) is 19.5 Å². The van der Waals surface area contributed by atoms with Crippen molar-refractivity contribution in [2.24, 2.45) is 5.41 Å². The molecule has 1 atom stereocenters. The van der Waals surface area contributed by atoms with E-state index < -0.39 is 17.4 Å². The number of hydrogen-bond donors (Lipinski definition) is 2. The molecule has 6 nitrogen and oxygen atoms in total. The lowest BCUT2D eigenvalue weighted by Gasteiger charge is -2.35. The molecular weight excluding hydrogens is 236 g/mol. The molecule has 0 bridgehead atoms. The Morgan fingerprint density at radius 3 is 2.61 bits per heavy atom. The van der Waals surface area contributed by atoms with E-state index in [2.05, 4.69) is 5.32 Å². The normalized spacial score (nSPS) is 20.5. The van der Waals surface area contributed by atoms with Crippen LogP contribution in [0, 0.1) is 5.41 Å². The second-order valence-electron chi connectivity index (χ2n) is 5.47. The van der Waals surface area contributed by atoms with Crippen LogP contribution < -0.4 is 5.32 Å². The van der Waals surface area contributed by atoms with Crippen molar-refractivity contribution in [3.05, 3.63) is 0 Å². The van der Waals surface area contributed by atoms with Gasteiger partial charge in [-0.25, -0.2) is 0 Å². The molecule has 6 heteroatoms. The minimum atomic E-state index is -0.919. The fourth-order valence-corrected chi connectivity index (χ4v) is 2.11. The lowest BCUT2D eigenvalue weighted by atomic mass is 9.85. The van der Waals surface area contributed by atoms with Gasteiger partial charge in [-0.1, -0.05) is 13.8 Å². The van der Waals surface area contributed by atoms with Crippen LogP contribution in [-0.2, 0) is 14.4 Å². The van der Waals surface area contributed by atoms with E-state index in [9.17, 15) is 14.4 Å². The minimum absolute atomic E-state index is 0.0623. The second-order valence-corrected chi connectivity index (χ2v) is 5.47. The second kappa shape index (κ2) is 5.37. The topological polar surface area (TPSA) is 86.7 Å². The number of amides is 2. The molecular formula is C12H20N2O4. The molecule has 0 aromatic heterocycles. The predicted octanol–water partition coefficient (Wildman–Crippen LogP) is 0.224. The van der Waals surface area contributed by atoms with Gasteiger partial charge in [0.15, 0.2) is 0 Å². The summed E-state index contributed by atoms with van der Waals surface area (Å²) < 4.78 is 0. The number of rotatable bonds is 4. The van der Waals surface area contributed by atoms with Gasteiger partial charge in [-0.15, -0.1) is 0 Å². The molecule has 1 heterocycles. The SMILES string of the molecule is C[C@@H]1C(=O)NCCN1C(=O)CC(C)(C)CC(=O)O. The highest BCUT2D eigenvalue weighted by atomic mass is 16.4. The molecule has 0 aliphatic carbocycles. The van der Waals surface area contributed by atoms with Crippen LogP contribution in [0.5, 0.6) is 0 Å². The van der Waals surface area contributed by atoms with Gasteiger partial charge in [0.1, 0.15) is 6.04 Å². The number of nitrogens with zero attached hydrogens (tertiary/aromatic N) is 1. The first-order chi connectivity index (χ1) is 8.23. The standard InChI is InChI=1S/C12H20N2O4/c1-8-11(18)13-4-5-14(8)9(15)6-12(2,3)7-10(16)17/h8H,4-7H2,1-3H3,(H,13,18)(H,16,17)/t8-/m1/s1. The smallest absolute Gasteiger partial charge is 0.303 e. The fraction of sp³-hybridized carbons (Fsp3) is 0.750. The Balaban J connectivity index is 2.64. The average molecular weight is 256 g/mol. The van der Waals surface area contributed by atoms with E-state index in [0.717, 1.165) is 0 Å². The monoisotopic (exact) mass is 256 g/mol. The van der Waals surface area contributed by atoms with Crippen LogP contribution in [0.1, 0.15) is 33.6 Å². The number of hydrogen-bond acceptors (Lipinski definition) is 3. The maximum atomic E-state index is 12.1. The van der Waals surface area contributed by atoms with Crippen molar-refractivity contribution < 1.29 is 19.5 Å². The predicted molar refractivity (Wildman–Crippen MR) is 64.8 cm³/mol. The zero-order chi connectivity index (χ0) is 13.9. The lowest BCUT2D eigenvalue weighted by Crippen LogP contribution is -2.56. The number of nitrogens with one attached hydrogen (secondary N) is 1. The number of carbonyl (C=O) groups is 3. The maximum Gasteiger partial charge on any atom is 0.303 e. The third-order valence-electron chi connectivity index (χ3n) is 3.08. The van der Waals surface area contributed by atoms with Crippen molar-refractivity contribution >= 4 is 17.8 Å². The van der Waals surface area contributed by atoms with Crippen molar-refractivity contribution in [1.82, 2.24) is 10.2 Å². The Bertz CT molecular complexity index is 365. The number of aliphatic carboxylic acids is 1. The van der Waals surface area contributed by atoms with Gasteiger partial charge in [-0.05, 0) is 12.3 Å². The molecule has 2 N–H and O–H groups in total. The van der Waals surface area contributed by atoms with Crippen molar-refractivity contribution in [3.63, 3.8) is 0 Å². The van der Waals surface area contributed by atoms with Crippen LogP contribution >= 0.6 is 0 Å². The molecule has 0 unspecified atom stereocenters. The summed E-state index contributed by atoms with van der Waals surface area (Å²) in [5.74, 6) is -1.24. The van der Waals surface area contributed by atoms with Gasteiger partial charge < -0.3 is 15.3 Å². The molecule has 0 saturated carbocycles. The Labute approximate surface area is 106 Å². The van der Waals surface area contributed by atoms with Crippen LogP contribution in [0.2, 0.25) is 0 Å². The summed E-state index contributed by atoms with van der Waals surface area (Å²) in [6.07, 6.45) is 0.0735. The van der Waals surface area contributed by atoms with E-state index >= 15 is 0 Å². The number of carboxylic acid groups (broad SMARTS) is 1. The summed E-state index contributed by atoms with van der Waals surface area (Å²) in [7, 11) is 0. The van der Waals surface area contributed by atoms with E-state index in [0.29, 0.717) is 13.1 Å². The molecule has 102 valence electrons. The molecule has 1 aliphatic rings. The molecule has 1 saturated heterocycles. The third kappa shape index (κ3) is 3.72. The lowest BCUT2D eigenvalue weighted by molar-refractivity contribution is -0.145. The number of carboxylic acids is 1. The number of carbonyl (C=O) groups excluding carboxylic acids is 2. The van der Waals surface area contributed by atoms with Crippen molar-refractivity contribution in [2.75, 3.05) is 13.1 Å². The first kappa shape index (κ1) is 14.5. The number of piperazine rings is 1. The largest absolute Gasteiger partial charge is 0.481 e. The highest BCUT2D eigenvalue weighted by Gasteiger charge is 2.33. The Morgan fingerprint density at radius 1 is 1.44 bits per heavy atom. The van der Waals surface area contributed by atoms with Gasteiger partial charge >= 0.3 is 5.97 Å². The first-order valence-electron chi connectivity index (χ1n) is 6.02. The van der Waals surface area contributed by atoms with Gasteiger partial charge in [0.25, 0.3) is 0 Å². The zero-order valence-corrected chi connectivity index (χ0v) is 11.0. The van der Waals surface area contributed by atoms with Crippen LogP contribution in [0.3, 0.4) is 0 Å². The van der Waals surface area contributed by atoms with Crippen molar-refractivity contribution in [1.29, 1.82) is 0 Å². The molecule has 1 fully saturated rings. The average Bonchev–Trinajstić information content (AvgIpc) is 2.18. The Hall–Kier alpha value is -1.59. The van der Waals surface area contributed by atoms with Crippen LogP contribution in [0.15, 0.2) is 0 Å². The van der Waals surface area contributed by atoms with E-state index in [-0.39, 0.29) is 24.7 Å². The van der Waals surface area contributed by atoms with E-state index in [1.165, 1.54) is 4.90 Å². The van der Waals surface area contributed by atoms with Gasteiger partial charge in [0.05, 0.1) is 6.42 Å². The zero-order valence-electron chi connectivity index (χ0n) is 11.0. The molecule has 0 aromatic carbocycles. The van der Waals surface area contributed by atoms with E-state index in [4.69, 9.17) is 5.11 Å². The molecule has 1 aliphatic heterocycles. The molecule has 1 rings (SSSR count). The quantitative estimate of drug-likeness (QED) is 0.753. The van der Waals surface area contributed by atoms with Crippen molar-refractivity contribution in [2.45, 2.75) is 39.7 Å². The molecule has 0 radical (unpaired) electrons. The summed E-state index contributed by atoms with van der Waals surface area (Å²) in [5.41, 5.74) is -0.601. The van der Waals surface area contributed by atoms with Crippen LogP contribution in [-0.4, -0.2) is 46.9 Å². The van der Waals surface area contributed by atoms with Crippen LogP contribution in [0.4, 0.5) is 0 Å². The summed E-state index contributed by atoms with van der Waals surface area (Å²) >= 11 is 0. The van der Waals surface area contributed by atoms with Crippen molar-refractivity contribution in [3.8, 4) is 0 Å². The summed E-state index contributed by atoms with van der Waals surface area (Å²) in [6, 6.07) is -0.480. The highest BCUT2D eigenvalue weighted by Crippen LogP contribution is 2.26. The molecule has 18 heavy (non-hydrogen) atoms. The molecule has 0 spiro atoms. The fourth-order valence-electron chi connectivity index (χ4n) is 2.11. The van der Waals surface area contributed by atoms with Gasteiger partial charge in [-0.3, -0.25) is 14.4 Å². The first-order valence-corrected chi connectivity index (χ1v) is 6.02. The summed E-state index contributed by atoms with van der Waals surface area (Å²) in [5, 5.41) is 11.5. The van der Waals surface area contributed by atoms with Crippen LogP contribution in [0.25, 0.3) is 0 Å². The highest BCUT2D eigenvalue weighted by molar-refractivity contribution is 5.88. The third-order valence-corrected chi connectivity index (χ3v) is 3.08. The minimum Gasteiger partial charge on any atom is -0.481 e. The Morgan fingerprint density at radius 2 is 2.06 bits per heavy atom. The Kier molecular flexibility index (Phi) is 4.32. The molecule has 0 aromatic rings. The van der Waals surface area contributed by atoms with E-state index in [1.807, 2.05) is 0 Å². The summed E-state index contributed by atoms with van der Waals surface area (Å²) in [6.45, 7) is 6.10. The van der Waals surface area contributed by atoms with Gasteiger partial charge in [0.2, 0.25) is 11.8 Å². The molecule has 2 amide bonds. The summed E-state index contributed by atoms with van der Waals surface area (Å²) in [4.78, 5) is 35.8. The maximum absolute atomic E-state index is 12.1. The van der Waals surface area contributed by atoms with E-state index in [1.54, 1.807) is 20.8 Å².